The smallest absolute Gasteiger partial charge is 0.344 e. The second kappa shape index (κ2) is 3.33. The van der Waals surface area contributed by atoms with Gasteiger partial charge in [-0.1, -0.05) is 0 Å². The van der Waals surface area contributed by atoms with Gasteiger partial charge < -0.3 is 6.15 Å². The van der Waals surface area contributed by atoms with Crippen molar-refractivity contribution >= 4 is 6.91 Å². The zero-order chi connectivity index (χ0) is 5.11. The number of hydrogen-bond acceptors (Lipinski definition) is 1. The van der Waals surface area contributed by atoms with E-state index in [1.165, 1.54) is 13.0 Å². The monoisotopic (exact) mass is 111 g/mol. The fourth-order valence-electron chi connectivity index (χ4n) is 0.415. The Balaban J connectivity index is 0.000000490. The maximum atomic E-state index is 11.9. The Hall–Kier alpha value is -0.695. The van der Waals surface area contributed by atoms with Crippen molar-refractivity contribution < 1.29 is 4.39 Å². The van der Waals surface area contributed by atoms with Gasteiger partial charge in [0.05, 0.1) is 0 Å². The zero-order valence-electron chi connectivity index (χ0n) is 4.47. The fraction of sp³-hybridized carbons (Fsp3) is 0. The maximum Gasteiger partial charge on any atom is -0.344 e. The minimum atomic E-state index is -0.178. The largest absolute Gasteiger partial charge is 0.344 e. The van der Waals surface area contributed by atoms with Crippen molar-refractivity contribution in [2.24, 2.45) is 0 Å². The van der Waals surface area contributed by atoms with E-state index in [0.717, 1.165) is 0 Å². The fourth-order valence-corrected chi connectivity index (χ4v) is 0.415. The van der Waals surface area contributed by atoms with Gasteiger partial charge in [-0.3, -0.25) is 0 Å². The van der Waals surface area contributed by atoms with Gasteiger partial charge in [-0.25, -0.2) is 0 Å². The third kappa shape index (κ3) is 1.84. The Bertz CT molecular complexity index is 142. The molecule has 0 spiro atoms. The van der Waals surface area contributed by atoms with Crippen LogP contribution in [-0.4, -0.2) is 6.91 Å². The van der Waals surface area contributed by atoms with Crippen LogP contribution in [0.5, 0.6) is 0 Å². The Kier molecular flexibility index (Phi) is 3.04. The van der Waals surface area contributed by atoms with Crippen LogP contribution in [0.2, 0.25) is 0 Å². The SMILES string of the molecule is Fc1bcccc1.N. The van der Waals surface area contributed by atoms with E-state index >= 15 is 0 Å². The molecular weight excluding hydrogens is 104 g/mol. The summed E-state index contributed by atoms with van der Waals surface area (Å²) >= 11 is 0. The van der Waals surface area contributed by atoms with Crippen molar-refractivity contribution in [3.63, 3.8) is 0 Å². The van der Waals surface area contributed by atoms with Crippen LogP contribution in [0.4, 0.5) is 4.39 Å². The van der Waals surface area contributed by atoms with Gasteiger partial charge in [-0.15, -0.1) is 0 Å². The topological polar surface area (TPSA) is 35.0 Å². The third-order valence-corrected chi connectivity index (χ3v) is 0.733. The number of halogens is 1. The van der Waals surface area contributed by atoms with Crippen LogP contribution in [0, 0.1) is 5.71 Å². The second-order valence-corrected chi connectivity index (χ2v) is 1.30. The van der Waals surface area contributed by atoms with Crippen LogP contribution in [-0.2, 0) is 0 Å². The first-order valence-electron chi connectivity index (χ1n) is 2.10. The van der Waals surface area contributed by atoms with Gasteiger partial charge in [-0.05, 0) is 0 Å². The Morgan fingerprint density at radius 2 is 2.12 bits per heavy atom. The van der Waals surface area contributed by atoms with E-state index in [1.807, 2.05) is 0 Å². The summed E-state index contributed by atoms with van der Waals surface area (Å²) in [6, 6.07) is 4.86. The Labute approximate surface area is 48.3 Å². The van der Waals surface area contributed by atoms with Gasteiger partial charge in [0.2, 0.25) is 0 Å². The normalized spacial score (nSPS) is 7.12. The molecule has 0 aromatic carbocycles. The van der Waals surface area contributed by atoms with E-state index in [-0.39, 0.29) is 11.9 Å². The van der Waals surface area contributed by atoms with Crippen LogP contribution in [0.3, 0.4) is 0 Å². The van der Waals surface area contributed by atoms with Gasteiger partial charge in [0, 0.05) is 0 Å². The molecule has 0 saturated heterocycles. The Morgan fingerprint density at radius 1 is 1.38 bits per heavy atom. The molecule has 1 heterocycles. The summed E-state index contributed by atoms with van der Waals surface area (Å²) in [6.45, 7) is 1.42. The molecule has 0 unspecified atom stereocenters. The van der Waals surface area contributed by atoms with E-state index in [9.17, 15) is 4.39 Å². The van der Waals surface area contributed by atoms with Gasteiger partial charge in [0.1, 0.15) is 0 Å². The molecule has 0 aliphatic heterocycles. The van der Waals surface area contributed by atoms with Crippen LogP contribution in [0.15, 0.2) is 24.2 Å². The summed E-state index contributed by atoms with van der Waals surface area (Å²) in [6.07, 6.45) is 0. The standard InChI is InChI=1S/C5H4BF.H3N/c7-5-3-1-2-4-6-5;/h1-4H;1H3. The molecule has 0 radical (unpaired) electrons. The first-order chi connectivity index (χ1) is 3.39. The molecule has 42 valence electrons. The van der Waals surface area contributed by atoms with Crippen molar-refractivity contribution in [1.82, 2.24) is 6.15 Å². The molecule has 0 aliphatic carbocycles. The number of hydrogen-bond donors (Lipinski definition) is 1. The van der Waals surface area contributed by atoms with E-state index in [0.29, 0.717) is 0 Å². The predicted molar refractivity (Wildman–Crippen MR) is 32.8 cm³/mol. The van der Waals surface area contributed by atoms with E-state index in [1.54, 1.807) is 18.1 Å². The molecule has 3 N–H and O–H groups in total. The van der Waals surface area contributed by atoms with Crippen LogP contribution in [0.1, 0.15) is 0 Å². The van der Waals surface area contributed by atoms with Crippen LogP contribution >= 0.6 is 0 Å². The summed E-state index contributed by atoms with van der Waals surface area (Å²) in [5, 5.41) is 0. The zero-order valence-corrected chi connectivity index (χ0v) is 4.47. The minimum absolute atomic E-state index is 0. The van der Waals surface area contributed by atoms with Crippen molar-refractivity contribution in [2.45, 2.75) is 0 Å². The molecule has 0 fully saturated rings. The molecule has 0 amide bonds. The summed E-state index contributed by atoms with van der Waals surface area (Å²) in [7, 11) is 0. The molecule has 1 aromatic rings. The molecule has 1 rings (SSSR count). The summed E-state index contributed by atoms with van der Waals surface area (Å²) < 4.78 is 11.9. The van der Waals surface area contributed by atoms with Gasteiger partial charge in [0.25, 0.3) is 0 Å². The molecule has 3 heteroatoms. The summed E-state index contributed by atoms with van der Waals surface area (Å²) in [5.74, 6) is 1.66. The first kappa shape index (κ1) is 7.30. The summed E-state index contributed by atoms with van der Waals surface area (Å²) in [5.41, 5.74) is -0.178. The van der Waals surface area contributed by atoms with Crippen molar-refractivity contribution in [3.05, 3.63) is 29.9 Å². The first-order valence-corrected chi connectivity index (χ1v) is 2.10. The molecule has 0 aliphatic rings. The third-order valence-electron chi connectivity index (χ3n) is 0.733. The van der Waals surface area contributed by atoms with Gasteiger partial charge in [0.15, 0.2) is 0 Å². The second-order valence-electron chi connectivity index (χ2n) is 1.30. The Morgan fingerprint density at radius 3 is 2.38 bits per heavy atom. The molecule has 1 nitrogen and oxygen atoms in total. The summed E-state index contributed by atoms with van der Waals surface area (Å²) in [4.78, 5) is 0. The quantitative estimate of drug-likeness (QED) is 0.538. The van der Waals surface area contributed by atoms with E-state index < -0.39 is 0 Å². The molecule has 0 atom stereocenters. The molecule has 1 aromatic heterocycles. The van der Waals surface area contributed by atoms with E-state index in [2.05, 4.69) is 0 Å². The average Bonchev–Trinajstić information content (AvgIpc) is 1.69. The number of rotatable bonds is 0. The van der Waals surface area contributed by atoms with Crippen molar-refractivity contribution in [2.75, 3.05) is 0 Å². The average molecular weight is 111 g/mol. The molecule has 0 bridgehead atoms. The predicted octanol–water partition coefficient (Wildman–Crippen LogP) is 1.33. The molecule has 0 saturated carbocycles. The van der Waals surface area contributed by atoms with Crippen LogP contribution in [0.25, 0.3) is 0 Å². The van der Waals surface area contributed by atoms with Crippen LogP contribution < -0.4 is 6.15 Å². The molecular formula is C5H7BFN. The van der Waals surface area contributed by atoms with E-state index in [4.69, 9.17) is 0 Å². The van der Waals surface area contributed by atoms with Crippen molar-refractivity contribution in [3.8, 4) is 0 Å². The molecule has 8 heavy (non-hydrogen) atoms. The minimum Gasteiger partial charge on any atom is -0.344 e. The van der Waals surface area contributed by atoms with Gasteiger partial charge in [-0.2, -0.15) is 0 Å². The van der Waals surface area contributed by atoms with Crippen molar-refractivity contribution in [1.29, 1.82) is 0 Å². The maximum absolute atomic E-state index is 11.9. The van der Waals surface area contributed by atoms with Gasteiger partial charge >= 0.3 is 41.2 Å².